The molecule has 1 fully saturated rings. The van der Waals surface area contributed by atoms with Crippen LogP contribution in [0, 0.1) is 17.2 Å². The first-order chi connectivity index (χ1) is 12.7. The van der Waals surface area contributed by atoms with Crippen molar-refractivity contribution in [3.63, 3.8) is 0 Å². The molecule has 0 spiro atoms. The maximum absolute atomic E-state index is 13.0. The number of carbonyl (C=O) groups is 1. The van der Waals surface area contributed by atoms with Crippen LogP contribution in [-0.2, 0) is 0 Å². The smallest absolute Gasteiger partial charge is 0.167 e. The number of methoxy groups -OCH3 is 2. The Labute approximate surface area is 153 Å². The van der Waals surface area contributed by atoms with Crippen LogP contribution in [0.4, 0.5) is 5.82 Å². The zero-order valence-electron chi connectivity index (χ0n) is 14.9. The van der Waals surface area contributed by atoms with E-state index in [1.165, 1.54) is 0 Å². The van der Waals surface area contributed by atoms with Crippen LogP contribution in [0.5, 0.6) is 11.5 Å². The summed E-state index contributed by atoms with van der Waals surface area (Å²) in [6.07, 6.45) is 3.37. The van der Waals surface area contributed by atoms with Crippen molar-refractivity contribution in [2.24, 2.45) is 5.92 Å². The lowest BCUT2D eigenvalue weighted by Crippen LogP contribution is -2.39. The van der Waals surface area contributed by atoms with Crippen molar-refractivity contribution in [1.29, 1.82) is 5.26 Å². The predicted octanol–water partition coefficient (Wildman–Crippen LogP) is 3.07. The topological polar surface area (TPSA) is 75.5 Å². The van der Waals surface area contributed by atoms with Crippen LogP contribution in [0.25, 0.3) is 0 Å². The molecule has 6 heteroatoms. The minimum Gasteiger partial charge on any atom is -0.493 e. The highest BCUT2D eigenvalue weighted by atomic mass is 16.5. The number of hydrogen-bond donors (Lipinski definition) is 0. The first-order valence-electron chi connectivity index (χ1n) is 8.53. The average molecular weight is 351 g/mol. The number of piperidine rings is 1. The second-order valence-electron chi connectivity index (χ2n) is 6.23. The maximum Gasteiger partial charge on any atom is 0.167 e. The van der Waals surface area contributed by atoms with E-state index in [1.54, 1.807) is 50.7 Å². The van der Waals surface area contributed by atoms with Gasteiger partial charge in [0.2, 0.25) is 0 Å². The van der Waals surface area contributed by atoms with Gasteiger partial charge in [-0.15, -0.1) is 0 Å². The molecule has 0 aliphatic carbocycles. The Hall–Kier alpha value is -3.07. The fourth-order valence-corrected chi connectivity index (χ4v) is 3.29. The van der Waals surface area contributed by atoms with E-state index in [0.717, 1.165) is 25.2 Å². The van der Waals surface area contributed by atoms with Gasteiger partial charge in [-0.25, -0.2) is 4.98 Å². The summed E-state index contributed by atoms with van der Waals surface area (Å²) in [6, 6.07) is 10.8. The van der Waals surface area contributed by atoms with Gasteiger partial charge in [0.15, 0.2) is 17.3 Å². The van der Waals surface area contributed by atoms with Crippen LogP contribution >= 0.6 is 0 Å². The molecular weight excluding hydrogens is 330 g/mol. The van der Waals surface area contributed by atoms with Crippen molar-refractivity contribution in [2.45, 2.75) is 12.8 Å². The Morgan fingerprint density at radius 3 is 2.77 bits per heavy atom. The first-order valence-corrected chi connectivity index (χ1v) is 8.53. The van der Waals surface area contributed by atoms with Crippen molar-refractivity contribution < 1.29 is 14.3 Å². The molecule has 0 unspecified atom stereocenters. The number of benzene rings is 1. The zero-order chi connectivity index (χ0) is 18.5. The summed E-state index contributed by atoms with van der Waals surface area (Å²) >= 11 is 0. The third-order valence-electron chi connectivity index (χ3n) is 4.66. The van der Waals surface area contributed by atoms with Crippen molar-refractivity contribution in [1.82, 2.24) is 4.98 Å². The summed E-state index contributed by atoms with van der Waals surface area (Å²) in [7, 11) is 3.13. The third-order valence-corrected chi connectivity index (χ3v) is 4.66. The standard InChI is InChI=1S/C20H21N3O3/c1-25-17-6-5-15(11-18(17)26-2)20(24)16-4-3-9-23(13-16)19-10-14(12-21)7-8-22-19/h5-8,10-11,16H,3-4,9,13H2,1-2H3/t16-/m0/s1. The van der Waals surface area contributed by atoms with Gasteiger partial charge in [-0.05, 0) is 43.2 Å². The van der Waals surface area contributed by atoms with E-state index in [1.807, 2.05) is 0 Å². The SMILES string of the molecule is COc1ccc(C(=O)[C@H]2CCCN(c3cc(C#N)ccn3)C2)cc1OC. The Bertz CT molecular complexity index is 844. The summed E-state index contributed by atoms with van der Waals surface area (Å²) in [5.41, 5.74) is 1.19. The molecule has 2 heterocycles. The lowest BCUT2D eigenvalue weighted by Gasteiger charge is -2.33. The number of ether oxygens (including phenoxy) is 2. The summed E-state index contributed by atoms with van der Waals surface area (Å²) in [5, 5.41) is 9.07. The molecule has 1 aromatic carbocycles. The fourth-order valence-electron chi connectivity index (χ4n) is 3.29. The monoisotopic (exact) mass is 351 g/mol. The van der Waals surface area contributed by atoms with Gasteiger partial charge in [0.25, 0.3) is 0 Å². The van der Waals surface area contributed by atoms with Crippen LogP contribution in [0.1, 0.15) is 28.8 Å². The van der Waals surface area contributed by atoms with Gasteiger partial charge in [-0.1, -0.05) is 0 Å². The number of aromatic nitrogens is 1. The van der Waals surface area contributed by atoms with E-state index in [0.29, 0.717) is 29.2 Å². The van der Waals surface area contributed by atoms with Crippen LogP contribution in [-0.4, -0.2) is 38.1 Å². The molecule has 1 aliphatic rings. The summed E-state index contributed by atoms with van der Waals surface area (Å²) in [5.74, 6) is 1.87. The van der Waals surface area contributed by atoms with E-state index in [4.69, 9.17) is 14.7 Å². The molecular formula is C20H21N3O3. The summed E-state index contributed by atoms with van der Waals surface area (Å²) in [4.78, 5) is 19.4. The van der Waals surface area contributed by atoms with Gasteiger partial charge < -0.3 is 14.4 Å². The van der Waals surface area contributed by atoms with Gasteiger partial charge in [-0.3, -0.25) is 4.79 Å². The van der Waals surface area contributed by atoms with Gasteiger partial charge in [0, 0.05) is 30.8 Å². The summed E-state index contributed by atoms with van der Waals surface area (Å²) < 4.78 is 10.5. The van der Waals surface area contributed by atoms with Gasteiger partial charge in [-0.2, -0.15) is 5.26 Å². The molecule has 0 amide bonds. The van der Waals surface area contributed by atoms with E-state index < -0.39 is 0 Å². The Kier molecular flexibility index (Phi) is 5.37. The Balaban J connectivity index is 1.79. The number of carbonyl (C=O) groups excluding carboxylic acids is 1. The maximum atomic E-state index is 13.0. The quantitative estimate of drug-likeness (QED) is 0.771. The third kappa shape index (κ3) is 3.62. The van der Waals surface area contributed by atoms with Crippen molar-refractivity contribution >= 4 is 11.6 Å². The number of nitrogens with zero attached hydrogens (tertiary/aromatic N) is 3. The van der Waals surface area contributed by atoms with Gasteiger partial charge >= 0.3 is 0 Å². The highest BCUT2D eigenvalue weighted by Crippen LogP contribution is 2.30. The van der Waals surface area contributed by atoms with Gasteiger partial charge in [0.05, 0.1) is 25.9 Å². The highest BCUT2D eigenvalue weighted by molar-refractivity contribution is 5.98. The molecule has 3 rings (SSSR count). The number of rotatable bonds is 5. The Morgan fingerprint density at radius 2 is 2.04 bits per heavy atom. The largest absolute Gasteiger partial charge is 0.493 e. The van der Waals surface area contributed by atoms with Crippen molar-refractivity contribution in [3.8, 4) is 17.6 Å². The van der Waals surface area contributed by atoms with E-state index in [2.05, 4.69) is 16.0 Å². The zero-order valence-corrected chi connectivity index (χ0v) is 14.9. The molecule has 1 aromatic heterocycles. The van der Waals surface area contributed by atoms with Crippen molar-refractivity contribution in [3.05, 3.63) is 47.7 Å². The fraction of sp³-hybridized carbons (Fsp3) is 0.350. The van der Waals surface area contributed by atoms with E-state index in [-0.39, 0.29) is 11.7 Å². The lowest BCUT2D eigenvalue weighted by atomic mass is 9.90. The minimum absolute atomic E-state index is 0.0899. The highest BCUT2D eigenvalue weighted by Gasteiger charge is 2.28. The normalized spacial score (nSPS) is 16.7. The molecule has 134 valence electrons. The molecule has 0 bridgehead atoms. The van der Waals surface area contributed by atoms with Crippen LogP contribution in [0.2, 0.25) is 0 Å². The van der Waals surface area contributed by atoms with Crippen LogP contribution < -0.4 is 14.4 Å². The van der Waals surface area contributed by atoms with E-state index >= 15 is 0 Å². The minimum atomic E-state index is -0.116. The molecule has 26 heavy (non-hydrogen) atoms. The number of anilines is 1. The van der Waals surface area contributed by atoms with Crippen LogP contribution in [0.3, 0.4) is 0 Å². The average Bonchev–Trinajstić information content (AvgIpc) is 2.72. The van der Waals surface area contributed by atoms with Gasteiger partial charge in [0.1, 0.15) is 5.82 Å². The molecule has 2 aromatic rings. The number of pyridine rings is 1. The molecule has 1 atom stereocenters. The molecule has 1 saturated heterocycles. The number of nitriles is 1. The predicted molar refractivity (Wildman–Crippen MR) is 97.8 cm³/mol. The first kappa shape index (κ1) is 17.7. The number of Topliss-reactive ketones (excluding diaryl/α,β-unsaturated/α-hetero) is 1. The molecule has 0 radical (unpaired) electrons. The lowest BCUT2D eigenvalue weighted by molar-refractivity contribution is 0.0906. The van der Waals surface area contributed by atoms with Crippen molar-refractivity contribution in [2.75, 3.05) is 32.2 Å². The molecule has 0 saturated carbocycles. The second kappa shape index (κ2) is 7.87. The molecule has 6 nitrogen and oxygen atoms in total. The molecule has 0 N–H and O–H groups in total. The van der Waals surface area contributed by atoms with E-state index in [9.17, 15) is 4.79 Å². The summed E-state index contributed by atoms with van der Waals surface area (Å²) in [6.45, 7) is 1.42. The second-order valence-corrected chi connectivity index (χ2v) is 6.23. The van der Waals surface area contributed by atoms with Crippen LogP contribution in [0.15, 0.2) is 36.5 Å². The number of ketones is 1. The number of hydrogen-bond acceptors (Lipinski definition) is 6. The molecule has 1 aliphatic heterocycles. The Morgan fingerprint density at radius 1 is 1.23 bits per heavy atom.